The molecule has 1 amide bonds. The van der Waals surface area contributed by atoms with Crippen molar-refractivity contribution in [1.29, 1.82) is 0 Å². The molecule has 31 heavy (non-hydrogen) atoms. The van der Waals surface area contributed by atoms with Crippen LogP contribution < -0.4 is 0 Å². The van der Waals surface area contributed by atoms with Crippen LogP contribution in [-0.2, 0) is 6.54 Å². The summed E-state index contributed by atoms with van der Waals surface area (Å²) in [5, 5.41) is 11.3. The third-order valence-corrected chi connectivity index (χ3v) is 6.47. The number of amides is 1. The Labute approximate surface area is 194 Å². The van der Waals surface area contributed by atoms with Crippen molar-refractivity contribution in [2.75, 3.05) is 6.26 Å². The van der Waals surface area contributed by atoms with Gasteiger partial charge in [0, 0.05) is 11.8 Å². The molecule has 4 rings (SSSR count). The smallest absolute Gasteiger partial charge is 0.408 e. The Morgan fingerprint density at radius 2 is 1.94 bits per heavy atom. The highest BCUT2D eigenvalue weighted by molar-refractivity contribution is 7.98. The minimum absolute atomic E-state index is 0.208. The Morgan fingerprint density at radius 3 is 2.55 bits per heavy atom. The number of nitrogens with zero attached hydrogens (tertiary/aromatic N) is 5. The summed E-state index contributed by atoms with van der Waals surface area (Å²) in [7, 11) is 0. The fraction of sp³-hybridized carbons (Fsp3) is 0.333. The number of halogens is 2. The zero-order valence-electron chi connectivity index (χ0n) is 17.4. The fourth-order valence-corrected chi connectivity index (χ4v) is 4.58. The molecule has 0 bridgehead atoms. The van der Waals surface area contributed by atoms with Gasteiger partial charge in [0.25, 0.3) is 0 Å². The van der Waals surface area contributed by atoms with Crippen LogP contribution in [0.15, 0.2) is 35.6 Å². The van der Waals surface area contributed by atoms with Crippen molar-refractivity contribution < 1.29 is 9.90 Å². The molecule has 0 aliphatic carbocycles. The zero-order valence-corrected chi connectivity index (χ0v) is 19.8. The Bertz CT molecular complexity index is 1180. The lowest BCUT2D eigenvalue weighted by atomic mass is 9.85. The van der Waals surface area contributed by atoms with Crippen molar-refractivity contribution in [3.63, 3.8) is 0 Å². The first-order chi connectivity index (χ1) is 14.6. The van der Waals surface area contributed by atoms with Gasteiger partial charge in [-0.1, -0.05) is 55.7 Å². The molecular weight excluding hydrogens is 457 g/mol. The molecule has 1 aliphatic rings. The number of hydrogen-bond acceptors (Lipinski definition) is 5. The van der Waals surface area contributed by atoms with Crippen molar-refractivity contribution in [3.8, 4) is 17.2 Å². The van der Waals surface area contributed by atoms with E-state index in [0.29, 0.717) is 26.8 Å². The molecule has 10 heteroatoms. The van der Waals surface area contributed by atoms with E-state index in [4.69, 9.17) is 28.2 Å². The van der Waals surface area contributed by atoms with E-state index in [1.807, 2.05) is 37.7 Å². The predicted molar refractivity (Wildman–Crippen MR) is 122 cm³/mol. The van der Waals surface area contributed by atoms with Gasteiger partial charge in [-0.3, -0.25) is 9.47 Å². The molecule has 0 radical (unpaired) electrons. The average Bonchev–Trinajstić information content (AvgIpc) is 3.25. The molecule has 3 heterocycles. The largest absolute Gasteiger partial charge is 0.465 e. The second-order valence-electron chi connectivity index (χ2n) is 8.31. The highest BCUT2D eigenvalue weighted by atomic mass is 35.5. The Kier molecular flexibility index (Phi) is 5.66. The summed E-state index contributed by atoms with van der Waals surface area (Å²) in [4.78, 5) is 27.3. The topological polar surface area (TPSA) is 84.1 Å². The quantitative estimate of drug-likeness (QED) is 0.371. The molecule has 0 saturated carbocycles. The number of thioether (sulfide) groups is 1. The molecule has 0 saturated heterocycles. The second kappa shape index (κ2) is 8.00. The van der Waals surface area contributed by atoms with Crippen LogP contribution in [0.4, 0.5) is 4.79 Å². The molecule has 162 valence electrons. The molecular formula is C21H21Cl2N5O2S. The van der Waals surface area contributed by atoms with Gasteiger partial charge in [-0.25, -0.2) is 19.7 Å². The van der Waals surface area contributed by atoms with Gasteiger partial charge in [0.2, 0.25) is 0 Å². The van der Waals surface area contributed by atoms with Gasteiger partial charge in [-0.2, -0.15) is 0 Å². The number of carbonyl (C=O) groups is 1. The van der Waals surface area contributed by atoms with Crippen molar-refractivity contribution in [2.45, 2.75) is 38.5 Å². The van der Waals surface area contributed by atoms with E-state index in [-0.39, 0.29) is 12.0 Å². The van der Waals surface area contributed by atoms with Gasteiger partial charge in [0.15, 0.2) is 5.16 Å². The van der Waals surface area contributed by atoms with Crippen LogP contribution >= 0.6 is 35.0 Å². The van der Waals surface area contributed by atoms with Gasteiger partial charge in [-0.15, -0.1) is 0 Å². The van der Waals surface area contributed by atoms with E-state index in [0.717, 1.165) is 17.0 Å². The van der Waals surface area contributed by atoms with Crippen LogP contribution in [0.2, 0.25) is 10.0 Å². The van der Waals surface area contributed by atoms with Crippen LogP contribution in [0.3, 0.4) is 0 Å². The summed E-state index contributed by atoms with van der Waals surface area (Å²) in [6.07, 6.45) is 2.61. The molecule has 1 N–H and O–H groups in total. The van der Waals surface area contributed by atoms with Gasteiger partial charge in [0.1, 0.15) is 11.6 Å². The first-order valence-corrected chi connectivity index (χ1v) is 11.5. The maximum atomic E-state index is 12.0. The van der Waals surface area contributed by atoms with Crippen molar-refractivity contribution in [2.24, 2.45) is 5.41 Å². The molecule has 0 fully saturated rings. The highest BCUT2D eigenvalue weighted by Gasteiger charge is 2.45. The minimum Gasteiger partial charge on any atom is -0.465 e. The lowest BCUT2D eigenvalue weighted by molar-refractivity contribution is 0.0880. The number of benzene rings is 1. The monoisotopic (exact) mass is 477 g/mol. The van der Waals surface area contributed by atoms with E-state index in [1.165, 1.54) is 16.7 Å². The van der Waals surface area contributed by atoms with Gasteiger partial charge in [0.05, 0.1) is 34.0 Å². The van der Waals surface area contributed by atoms with Gasteiger partial charge >= 0.3 is 6.09 Å². The number of carboxylic acid groups (broad SMARTS) is 1. The maximum absolute atomic E-state index is 12.0. The Hall–Kier alpha value is -2.29. The standard InChI is InChI=1S/C21H21Cl2N5O2S/c1-21(2,3)17-16-14(10-27(17)20(29)30)28(15-7-8-24-19(25-15)31-4)18(26-16)11-5-6-12(22)13(23)9-11/h5-9,17H,10H2,1-4H3,(H,29,30). The van der Waals surface area contributed by atoms with E-state index in [1.54, 1.807) is 24.4 Å². The third-order valence-electron chi connectivity index (χ3n) is 5.17. The summed E-state index contributed by atoms with van der Waals surface area (Å²) in [6.45, 7) is 6.24. The van der Waals surface area contributed by atoms with Crippen molar-refractivity contribution >= 4 is 41.1 Å². The normalized spacial score (nSPS) is 15.9. The van der Waals surface area contributed by atoms with E-state index >= 15 is 0 Å². The molecule has 2 aromatic heterocycles. The number of fused-ring (bicyclic) bond motifs is 1. The predicted octanol–water partition coefficient (Wildman–Crippen LogP) is 5.94. The van der Waals surface area contributed by atoms with E-state index < -0.39 is 12.1 Å². The number of aromatic nitrogens is 4. The average molecular weight is 478 g/mol. The van der Waals surface area contributed by atoms with Crippen LogP contribution in [0.25, 0.3) is 17.2 Å². The summed E-state index contributed by atoms with van der Waals surface area (Å²) in [6, 6.07) is 6.72. The van der Waals surface area contributed by atoms with Crippen molar-refractivity contribution in [3.05, 3.63) is 51.9 Å². The zero-order chi connectivity index (χ0) is 22.5. The number of hydrogen-bond donors (Lipinski definition) is 1. The highest BCUT2D eigenvalue weighted by Crippen LogP contribution is 2.46. The molecule has 1 aliphatic heterocycles. The SMILES string of the molecule is CSc1nccc(-n2c(-c3ccc(Cl)c(Cl)c3)nc3c2CN(C(=O)O)C3C(C)(C)C)n1. The molecule has 1 aromatic carbocycles. The lowest BCUT2D eigenvalue weighted by Crippen LogP contribution is -2.36. The third kappa shape index (κ3) is 3.88. The Morgan fingerprint density at radius 1 is 1.19 bits per heavy atom. The lowest BCUT2D eigenvalue weighted by Gasteiger charge is -2.33. The summed E-state index contributed by atoms with van der Waals surface area (Å²) in [5.41, 5.74) is 1.92. The van der Waals surface area contributed by atoms with Crippen molar-refractivity contribution in [1.82, 2.24) is 24.4 Å². The van der Waals surface area contributed by atoms with E-state index in [2.05, 4.69) is 9.97 Å². The second-order valence-corrected chi connectivity index (χ2v) is 9.90. The van der Waals surface area contributed by atoms with Crippen LogP contribution in [-0.4, -0.2) is 41.9 Å². The molecule has 0 spiro atoms. The molecule has 3 aromatic rings. The fourth-order valence-electron chi connectivity index (χ4n) is 3.93. The Balaban J connectivity index is 2.00. The maximum Gasteiger partial charge on any atom is 0.408 e. The summed E-state index contributed by atoms with van der Waals surface area (Å²) < 4.78 is 1.90. The van der Waals surface area contributed by atoms with E-state index in [9.17, 15) is 9.90 Å². The van der Waals surface area contributed by atoms with Crippen LogP contribution in [0.5, 0.6) is 0 Å². The van der Waals surface area contributed by atoms with Crippen LogP contribution in [0, 0.1) is 5.41 Å². The number of rotatable bonds is 3. The minimum atomic E-state index is -0.979. The first-order valence-electron chi connectivity index (χ1n) is 9.55. The first kappa shape index (κ1) is 21.9. The molecule has 1 unspecified atom stereocenters. The summed E-state index contributed by atoms with van der Waals surface area (Å²) >= 11 is 13.8. The molecule has 1 atom stereocenters. The van der Waals surface area contributed by atoms with Gasteiger partial charge < -0.3 is 5.11 Å². The molecule has 7 nitrogen and oxygen atoms in total. The van der Waals surface area contributed by atoms with Gasteiger partial charge in [-0.05, 0) is 35.9 Å². The van der Waals surface area contributed by atoms with Crippen LogP contribution in [0.1, 0.15) is 38.2 Å². The summed E-state index contributed by atoms with van der Waals surface area (Å²) in [5.74, 6) is 1.25. The number of imidazole rings is 1.